The maximum atomic E-state index is 12.4. The van der Waals surface area contributed by atoms with Crippen LogP contribution in [0.25, 0.3) is 0 Å². The van der Waals surface area contributed by atoms with Crippen LogP contribution in [0, 0.1) is 23.7 Å². The summed E-state index contributed by atoms with van der Waals surface area (Å²) in [5.41, 5.74) is 0. The first-order chi connectivity index (χ1) is 8.93. The summed E-state index contributed by atoms with van der Waals surface area (Å²) in [6, 6.07) is 0. The van der Waals surface area contributed by atoms with Crippen molar-refractivity contribution in [3.8, 4) is 0 Å². The molecule has 0 N–H and O–H groups in total. The zero-order chi connectivity index (χ0) is 13.9. The van der Waals surface area contributed by atoms with Gasteiger partial charge < -0.3 is 0 Å². The molecule has 1 saturated carbocycles. The largest absolute Gasteiger partial charge is 0.273 e. The molecule has 2 bridgehead atoms. The number of carbonyl (C=O) groups is 4. The summed E-state index contributed by atoms with van der Waals surface area (Å²) in [6.07, 6.45) is 4.64. The molecule has 1 saturated heterocycles. The lowest BCUT2D eigenvalue weighted by Gasteiger charge is -2.41. The molecule has 6 heteroatoms. The average Bonchev–Trinajstić information content (AvgIpc) is 2.92. The zero-order valence-electron chi connectivity index (χ0n) is 10.7. The van der Waals surface area contributed by atoms with E-state index in [4.69, 9.17) is 0 Å². The number of hydrazine groups is 1. The third-order valence-electron chi connectivity index (χ3n) is 4.24. The molecule has 2 fully saturated rings. The van der Waals surface area contributed by atoms with Crippen molar-refractivity contribution in [2.24, 2.45) is 23.7 Å². The monoisotopic (exact) mass is 262 g/mol. The van der Waals surface area contributed by atoms with Crippen molar-refractivity contribution in [2.45, 2.75) is 20.3 Å². The van der Waals surface area contributed by atoms with Gasteiger partial charge in [-0.05, 0) is 18.3 Å². The van der Waals surface area contributed by atoms with Crippen LogP contribution in [-0.2, 0) is 19.2 Å². The Morgan fingerprint density at radius 3 is 1.63 bits per heavy atom. The molecule has 19 heavy (non-hydrogen) atoms. The van der Waals surface area contributed by atoms with Gasteiger partial charge in [-0.2, -0.15) is 10.0 Å². The number of imide groups is 2. The van der Waals surface area contributed by atoms with Crippen molar-refractivity contribution < 1.29 is 19.2 Å². The molecule has 2 aliphatic carbocycles. The first kappa shape index (κ1) is 12.1. The molecule has 4 atom stereocenters. The minimum absolute atomic E-state index is 0.0161. The highest BCUT2D eigenvalue weighted by Gasteiger charge is 2.59. The summed E-state index contributed by atoms with van der Waals surface area (Å²) < 4.78 is 0. The molecule has 0 aromatic carbocycles. The predicted octanol–water partition coefficient (Wildman–Crippen LogP) is 0.103. The van der Waals surface area contributed by atoms with E-state index < -0.39 is 35.5 Å². The maximum absolute atomic E-state index is 12.4. The number of allylic oxidation sites excluding steroid dienone is 2. The van der Waals surface area contributed by atoms with Crippen LogP contribution in [-0.4, -0.2) is 33.6 Å². The highest BCUT2D eigenvalue weighted by atomic mass is 16.2. The van der Waals surface area contributed by atoms with E-state index in [0.717, 1.165) is 6.42 Å². The van der Waals surface area contributed by atoms with Gasteiger partial charge in [-0.3, -0.25) is 19.2 Å². The fourth-order valence-electron chi connectivity index (χ4n) is 3.57. The minimum atomic E-state index is -0.598. The molecule has 4 amide bonds. The van der Waals surface area contributed by atoms with Crippen LogP contribution in [0.15, 0.2) is 12.2 Å². The summed E-state index contributed by atoms with van der Waals surface area (Å²) in [7, 11) is 0. The Kier molecular flexibility index (Phi) is 2.39. The molecule has 3 rings (SSSR count). The molecule has 0 radical (unpaired) electrons. The molecule has 1 heterocycles. The van der Waals surface area contributed by atoms with E-state index in [0.29, 0.717) is 10.0 Å². The second-order valence-corrected chi connectivity index (χ2v) is 5.34. The number of hydrogen-bond acceptors (Lipinski definition) is 4. The zero-order valence-corrected chi connectivity index (χ0v) is 10.7. The molecule has 6 nitrogen and oxygen atoms in total. The molecule has 0 unspecified atom stereocenters. The molecule has 100 valence electrons. The van der Waals surface area contributed by atoms with Crippen LogP contribution in [0.5, 0.6) is 0 Å². The SMILES string of the molecule is CC(=O)N1C(=O)[C@@H]2[C@@H](C(=O)N1C(C)=O)[C@H]1C=C[C@H]2C1. The van der Waals surface area contributed by atoms with Gasteiger partial charge in [-0.1, -0.05) is 12.2 Å². The number of nitrogens with zero attached hydrogens (tertiary/aromatic N) is 2. The lowest BCUT2D eigenvalue weighted by atomic mass is 9.80. The first-order valence-electron chi connectivity index (χ1n) is 6.30. The van der Waals surface area contributed by atoms with Crippen LogP contribution in [0.1, 0.15) is 20.3 Å². The molecule has 0 aromatic heterocycles. The number of fused-ring (bicyclic) bond motifs is 5. The number of amides is 4. The van der Waals surface area contributed by atoms with Crippen molar-refractivity contribution in [1.82, 2.24) is 10.0 Å². The topological polar surface area (TPSA) is 74.8 Å². The van der Waals surface area contributed by atoms with Crippen LogP contribution in [0.2, 0.25) is 0 Å². The summed E-state index contributed by atoms with van der Waals surface area (Å²) in [6.45, 7) is 2.37. The van der Waals surface area contributed by atoms with Crippen LogP contribution < -0.4 is 0 Å². The Bertz CT molecular complexity index is 493. The second kappa shape index (κ2) is 3.76. The Balaban J connectivity index is 2.07. The quantitative estimate of drug-likeness (QED) is 0.580. The first-order valence-corrected chi connectivity index (χ1v) is 6.30. The molecule has 3 aliphatic rings. The average molecular weight is 262 g/mol. The normalized spacial score (nSPS) is 35.9. The van der Waals surface area contributed by atoms with Gasteiger partial charge in [-0.15, -0.1) is 0 Å². The van der Waals surface area contributed by atoms with Crippen molar-refractivity contribution in [3.05, 3.63) is 12.2 Å². The summed E-state index contributed by atoms with van der Waals surface area (Å²) in [4.78, 5) is 48.1. The summed E-state index contributed by atoms with van der Waals surface area (Å²) in [5, 5.41) is 1.42. The van der Waals surface area contributed by atoms with Gasteiger partial charge in [0, 0.05) is 13.8 Å². The summed E-state index contributed by atoms with van der Waals surface area (Å²) >= 11 is 0. The van der Waals surface area contributed by atoms with Crippen LogP contribution in [0.4, 0.5) is 0 Å². The highest BCUT2D eigenvalue weighted by molar-refractivity contribution is 6.09. The van der Waals surface area contributed by atoms with Gasteiger partial charge in [0.2, 0.25) is 11.8 Å². The Morgan fingerprint density at radius 1 is 0.947 bits per heavy atom. The van der Waals surface area contributed by atoms with Crippen molar-refractivity contribution in [1.29, 1.82) is 0 Å². The van der Waals surface area contributed by atoms with E-state index >= 15 is 0 Å². The lowest BCUT2D eigenvalue weighted by molar-refractivity contribution is -0.191. The van der Waals surface area contributed by atoms with E-state index in [-0.39, 0.29) is 11.8 Å². The van der Waals surface area contributed by atoms with Crippen molar-refractivity contribution in [2.75, 3.05) is 0 Å². The summed E-state index contributed by atoms with van der Waals surface area (Å²) in [5.74, 6) is -2.99. The molecular weight excluding hydrogens is 248 g/mol. The Morgan fingerprint density at radius 2 is 1.32 bits per heavy atom. The van der Waals surface area contributed by atoms with Crippen molar-refractivity contribution in [3.63, 3.8) is 0 Å². The van der Waals surface area contributed by atoms with Gasteiger partial charge in [0.1, 0.15) is 0 Å². The molecular formula is C13H14N2O4. The molecule has 1 aliphatic heterocycles. The fourth-order valence-corrected chi connectivity index (χ4v) is 3.57. The van der Waals surface area contributed by atoms with Crippen LogP contribution in [0.3, 0.4) is 0 Å². The van der Waals surface area contributed by atoms with Gasteiger partial charge in [0.15, 0.2) is 0 Å². The van der Waals surface area contributed by atoms with E-state index in [1.165, 1.54) is 13.8 Å². The van der Waals surface area contributed by atoms with Gasteiger partial charge >= 0.3 is 0 Å². The third kappa shape index (κ3) is 1.42. The van der Waals surface area contributed by atoms with Crippen molar-refractivity contribution >= 4 is 23.6 Å². The highest BCUT2D eigenvalue weighted by Crippen LogP contribution is 2.51. The standard InChI is InChI=1S/C13H14N2O4/c1-6(16)14-12(18)10-8-3-4-9(5-8)11(10)13(19)15(14)7(2)17/h3-4,8-11H,5H2,1-2H3/t8-,9-,10-,11-/m0/s1. The fraction of sp³-hybridized carbons (Fsp3) is 0.538. The second-order valence-electron chi connectivity index (χ2n) is 5.34. The van der Waals surface area contributed by atoms with E-state index in [1.54, 1.807) is 0 Å². The lowest BCUT2D eigenvalue weighted by Crippen LogP contribution is -2.64. The van der Waals surface area contributed by atoms with Crippen LogP contribution >= 0.6 is 0 Å². The smallest absolute Gasteiger partial charge is 0.253 e. The molecule has 0 spiro atoms. The number of hydrogen-bond donors (Lipinski definition) is 0. The van der Waals surface area contributed by atoms with Gasteiger partial charge in [-0.25, -0.2) is 0 Å². The minimum Gasteiger partial charge on any atom is -0.273 e. The Labute approximate surface area is 110 Å². The molecule has 0 aromatic rings. The van der Waals surface area contributed by atoms with E-state index in [9.17, 15) is 19.2 Å². The Hall–Kier alpha value is -1.98. The third-order valence-corrected chi connectivity index (χ3v) is 4.24. The number of carbonyl (C=O) groups excluding carboxylic acids is 4. The van der Waals surface area contributed by atoms with E-state index in [2.05, 4.69) is 0 Å². The van der Waals surface area contributed by atoms with Gasteiger partial charge in [0.05, 0.1) is 11.8 Å². The number of rotatable bonds is 0. The predicted molar refractivity (Wildman–Crippen MR) is 62.8 cm³/mol. The van der Waals surface area contributed by atoms with E-state index in [1.807, 2.05) is 12.2 Å². The van der Waals surface area contributed by atoms with Gasteiger partial charge in [0.25, 0.3) is 11.8 Å². The maximum Gasteiger partial charge on any atom is 0.253 e.